The van der Waals surface area contributed by atoms with Gasteiger partial charge in [-0.1, -0.05) is 0 Å². The van der Waals surface area contributed by atoms with Crippen molar-refractivity contribution < 1.29 is 0 Å². The van der Waals surface area contributed by atoms with Gasteiger partial charge in [-0.3, -0.25) is 0 Å². The Kier molecular flexibility index (Phi) is 1.27. The molecular formula is C6H5Si+3. The Hall–Kier alpha value is -0.563. The van der Waals surface area contributed by atoms with Gasteiger partial charge >= 0.3 is 45.8 Å². The van der Waals surface area contributed by atoms with Crippen LogP contribution in [0.1, 0.15) is 0 Å². The third-order valence-electron chi connectivity index (χ3n) is 0.774. The molecule has 0 radical (unpaired) electrons. The molecule has 1 rings (SSSR count). The fraction of sp³-hybridized carbons (Fsp3) is 0. The van der Waals surface area contributed by atoms with Crippen LogP contribution in [0.15, 0.2) is 30.3 Å². The van der Waals surface area contributed by atoms with Gasteiger partial charge in [0.05, 0.1) is 0 Å². The van der Waals surface area contributed by atoms with Crippen LogP contribution >= 0.6 is 0 Å². The Bertz CT molecular complexity index is 134. The minimum absolute atomic E-state index is 1.13. The second kappa shape index (κ2) is 1.94. The SMILES string of the molecule is [Si+3]c1ccccc1. The predicted octanol–water partition coefficient (Wildman–Crippen LogP) is 0.480. The number of hydrogen-bond acceptors (Lipinski definition) is 0. The zero-order valence-electron chi connectivity index (χ0n) is 3.89. The minimum atomic E-state index is 1.13. The van der Waals surface area contributed by atoms with Crippen LogP contribution < -0.4 is 5.19 Å². The van der Waals surface area contributed by atoms with Crippen molar-refractivity contribution in [2.75, 3.05) is 0 Å². The molecule has 7 heavy (non-hydrogen) atoms. The van der Waals surface area contributed by atoms with E-state index >= 15 is 0 Å². The number of benzene rings is 1. The van der Waals surface area contributed by atoms with Crippen LogP contribution in [0.4, 0.5) is 0 Å². The molecule has 0 atom stereocenters. The third kappa shape index (κ3) is 1.16. The number of hydrogen-bond donors (Lipinski definition) is 0. The Morgan fingerprint density at radius 2 is 1.57 bits per heavy atom. The molecule has 0 aromatic heterocycles. The maximum absolute atomic E-state index is 3.36. The van der Waals surface area contributed by atoms with Crippen LogP contribution in [0, 0.1) is 0 Å². The summed E-state index contributed by atoms with van der Waals surface area (Å²) in [7, 11) is 3.36. The average molecular weight is 105 g/mol. The van der Waals surface area contributed by atoms with Crippen molar-refractivity contribution in [3.8, 4) is 0 Å². The molecule has 0 N–H and O–H groups in total. The van der Waals surface area contributed by atoms with Gasteiger partial charge in [0.2, 0.25) is 0 Å². The van der Waals surface area contributed by atoms with Crippen molar-refractivity contribution in [3.63, 3.8) is 0 Å². The van der Waals surface area contributed by atoms with E-state index in [1.165, 1.54) is 0 Å². The molecule has 0 unspecified atom stereocenters. The van der Waals surface area contributed by atoms with E-state index in [1.54, 1.807) is 0 Å². The van der Waals surface area contributed by atoms with Crippen molar-refractivity contribution in [3.05, 3.63) is 30.3 Å². The van der Waals surface area contributed by atoms with Crippen LogP contribution in [-0.4, -0.2) is 10.2 Å². The molecule has 0 saturated heterocycles. The number of rotatable bonds is 0. The zero-order chi connectivity index (χ0) is 5.11. The Morgan fingerprint density at radius 1 is 1.00 bits per heavy atom. The Morgan fingerprint density at radius 3 is 1.86 bits per heavy atom. The van der Waals surface area contributed by atoms with E-state index in [1.807, 2.05) is 30.3 Å². The van der Waals surface area contributed by atoms with E-state index in [4.69, 9.17) is 0 Å². The van der Waals surface area contributed by atoms with Gasteiger partial charge in [-0.2, -0.15) is 0 Å². The standard InChI is InChI=1S/C6H5Si/c7-6-4-2-1-3-5-6/h1-5H/q+3. The summed E-state index contributed by atoms with van der Waals surface area (Å²) in [5, 5.41) is 1.13. The van der Waals surface area contributed by atoms with Crippen LogP contribution in [-0.2, 0) is 0 Å². The first-order valence-electron chi connectivity index (χ1n) is 2.16. The van der Waals surface area contributed by atoms with E-state index < -0.39 is 0 Å². The van der Waals surface area contributed by atoms with E-state index in [9.17, 15) is 0 Å². The maximum atomic E-state index is 3.36. The summed E-state index contributed by atoms with van der Waals surface area (Å²) >= 11 is 0. The van der Waals surface area contributed by atoms with Crippen LogP contribution in [0.5, 0.6) is 0 Å². The van der Waals surface area contributed by atoms with E-state index in [-0.39, 0.29) is 0 Å². The molecule has 0 nitrogen and oxygen atoms in total. The molecule has 0 amide bonds. The monoisotopic (exact) mass is 105 g/mol. The van der Waals surface area contributed by atoms with E-state index in [2.05, 4.69) is 10.2 Å². The van der Waals surface area contributed by atoms with Gasteiger partial charge in [0.25, 0.3) is 0 Å². The summed E-state index contributed by atoms with van der Waals surface area (Å²) in [4.78, 5) is 0. The zero-order valence-corrected chi connectivity index (χ0v) is 4.89. The van der Waals surface area contributed by atoms with Crippen molar-refractivity contribution in [2.24, 2.45) is 0 Å². The van der Waals surface area contributed by atoms with Crippen molar-refractivity contribution in [1.29, 1.82) is 0 Å². The molecule has 1 aromatic carbocycles. The normalized spacial score (nSPS) is 8.86. The first-order valence-corrected chi connectivity index (χ1v) is 2.66. The molecule has 0 aliphatic heterocycles. The molecule has 0 aliphatic carbocycles. The molecular weight excluding hydrogens is 100 g/mol. The van der Waals surface area contributed by atoms with Crippen LogP contribution in [0.3, 0.4) is 0 Å². The first-order chi connectivity index (χ1) is 3.39. The molecule has 0 spiro atoms. The molecule has 1 heteroatoms. The van der Waals surface area contributed by atoms with E-state index in [0.29, 0.717) is 0 Å². The summed E-state index contributed by atoms with van der Waals surface area (Å²) < 4.78 is 0. The fourth-order valence-electron chi connectivity index (χ4n) is 0.438. The van der Waals surface area contributed by atoms with Gasteiger partial charge < -0.3 is 0 Å². The van der Waals surface area contributed by atoms with Gasteiger partial charge in [0, 0.05) is 0 Å². The molecule has 0 heterocycles. The third-order valence-corrected chi connectivity index (χ3v) is 1.11. The Balaban J connectivity index is 3.02. The fourth-order valence-corrected chi connectivity index (χ4v) is 0.631. The predicted molar refractivity (Wildman–Crippen MR) is 31.8 cm³/mol. The molecule has 0 saturated carbocycles. The summed E-state index contributed by atoms with van der Waals surface area (Å²) in [6.45, 7) is 0. The van der Waals surface area contributed by atoms with Gasteiger partial charge in [-0.25, -0.2) is 0 Å². The van der Waals surface area contributed by atoms with Crippen molar-refractivity contribution in [2.45, 2.75) is 0 Å². The van der Waals surface area contributed by atoms with Crippen molar-refractivity contribution in [1.82, 2.24) is 0 Å². The average Bonchev–Trinajstić information content (AvgIpc) is 1.69. The van der Waals surface area contributed by atoms with E-state index in [0.717, 1.165) is 5.19 Å². The van der Waals surface area contributed by atoms with Gasteiger partial charge in [-0.05, 0) is 0 Å². The second-order valence-corrected chi connectivity index (χ2v) is 1.94. The summed E-state index contributed by atoms with van der Waals surface area (Å²) in [6.07, 6.45) is 0. The van der Waals surface area contributed by atoms with Crippen molar-refractivity contribution >= 4 is 15.4 Å². The summed E-state index contributed by atoms with van der Waals surface area (Å²) in [6, 6.07) is 9.96. The first kappa shape index (κ1) is 4.59. The Labute approximate surface area is 46.6 Å². The molecule has 1 aromatic rings. The van der Waals surface area contributed by atoms with Gasteiger partial charge in [0.15, 0.2) is 0 Å². The van der Waals surface area contributed by atoms with Crippen LogP contribution in [0.2, 0.25) is 0 Å². The molecule has 0 fully saturated rings. The molecule has 0 aliphatic rings. The second-order valence-electron chi connectivity index (χ2n) is 1.37. The molecule has 0 bridgehead atoms. The van der Waals surface area contributed by atoms with Crippen LogP contribution in [0.25, 0.3) is 0 Å². The topological polar surface area (TPSA) is 0 Å². The summed E-state index contributed by atoms with van der Waals surface area (Å²) in [5.41, 5.74) is 0. The quantitative estimate of drug-likeness (QED) is 0.421. The van der Waals surface area contributed by atoms with Gasteiger partial charge in [-0.15, -0.1) is 0 Å². The van der Waals surface area contributed by atoms with Gasteiger partial charge in [0.1, 0.15) is 0 Å². The molecule has 30 valence electrons. The summed E-state index contributed by atoms with van der Waals surface area (Å²) in [5.74, 6) is 0.